The van der Waals surface area contributed by atoms with Crippen molar-refractivity contribution in [2.24, 2.45) is 11.3 Å². The minimum Gasteiger partial charge on any atom is -0.319 e. The van der Waals surface area contributed by atoms with Crippen molar-refractivity contribution < 1.29 is 4.79 Å². The van der Waals surface area contributed by atoms with Crippen LogP contribution in [-0.2, 0) is 4.79 Å². The second kappa shape index (κ2) is 7.25. The van der Waals surface area contributed by atoms with Crippen LogP contribution >= 0.6 is 11.8 Å². The van der Waals surface area contributed by atoms with E-state index in [1.54, 1.807) is 0 Å². The number of thioether (sulfide) groups is 1. The monoisotopic (exact) mass is 232 g/mol. The van der Waals surface area contributed by atoms with Crippen LogP contribution in [-0.4, -0.2) is 38.1 Å². The van der Waals surface area contributed by atoms with Crippen molar-refractivity contribution in [2.45, 2.75) is 20.8 Å². The Morgan fingerprint density at radius 1 is 1.20 bits per heavy atom. The zero-order valence-corrected chi connectivity index (χ0v) is 11.3. The van der Waals surface area contributed by atoms with Gasteiger partial charge in [-0.1, -0.05) is 32.5 Å². The average Bonchev–Trinajstić information content (AvgIpc) is 2.12. The first-order valence-electron chi connectivity index (χ1n) is 5.38. The third kappa shape index (κ3) is 6.93. The number of carbonyl (C=O) groups is 1. The molecule has 3 nitrogen and oxygen atoms in total. The molecule has 0 atom stereocenters. The van der Waals surface area contributed by atoms with Gasteiger partial charge in [0.25, 0.3) is 0 Å². The van der Waals surface area contributed by atoms with E-state index in [4.69, 9.17) is 0 Å². The molecule has 0 rings (SSSR count). The first-order valence-corrected chi connectivity index (χ1v) is 6.36. The Bertz CT molecular complexity index is 184. The van der Waals surface area contributed by atoms with E-state index in [-0.39, 0.29) is 10.5 Å². The molecule has 2 N–H and O–H groups in total. The van der Waals surface area contributed by atoms with Crippen molar-refractivity contribution in [3.05, 3.63) is 0 Å². The van der Waals surface area contributed by atoms with Gasteiger partial charge in [0.15, 0.2) is 5.12 Å². The van der Waals surface area contributed by atoms with Crippen LogP contribution in [0.1, 0.15) is 20.8 Å². The highest BCUT2D eigenvalue weighted by molar-refractivity contribution is 8.13. The molecular formula is C11H24N2OS. The van der Waals surface area contributed by atoms with E-state index in [1.165, 1.54) is 11.8 Å². The van der Waals surface area contributed by atoms with Crippen LogP contribution in [0.2, 0.25) is 0 Å². The molecule has 0 aliphatic heterocycles. The molecule has 4 heteroatoms. The second-order valence-corrected chi connectivity index (χ2v) is 5.82. The molecule has 0 unspecified atom stereocenters. The Morgan fingerprint density at radius 3 is 2.00 bits per heavy atom. The summed E-state index contributed by atoms with van der Waals surface area (Å²) in [6.07, 6.45) is 0. The lowest BCUT2D eigenvalue weighted by molar-refractivity contribution is -0.117. The number of carbonyl (C=O) groups excluding carboxylic acids is 1. The number of hydrogen-bond donors (Lipinski definition) is 2. The van der Waals surface area contributed by atoms with Gasteiger partial charge >= 0.3 is 0 Å². The van der Waals surface area contributed by atoms with Crippen LogP contribution in [0.15, 0.2) is 0 Å². The first kappa shape index (κ1) is 14.9. The molecule has 90 valence electrons. The molecule has 0 amide bonds. The lowest BCUT2D eigenvalue weighted by atomic mass is 10.00. The Kier molecular flexibility index (Phi) is 7.22. The topological polar surface area (TPSA) is 41.1 Å². The van der Waals surface area contributed by atoms with Gasteiger partial charge in [0.05, 0.1) is 0 Å². The smallest absolute Gasteiger partial charge is 0.194 e. The van der Waals surface area contributed by atoms with Crippen molar-refractivity contribution in [1.29, 1.82) is 0 Å². The van der Waals surface area contributed by atoms with Gasteiger partial charge in [0, 0.05) is 11.2 Å². The molecule has 0 aromatic carbocycles. The predicted molar refractivity (Wildman–Crippen MR) is 68.3 cm³/mol. The Morgan fingerprint density at radius 2 is 1.67 bits per heavy atom. The number of nitrogens with one attached hydrogen (secondary N) is 2. The summed E-state index contributed by atoms with van der Waals surface area (Å²) >= 11 is 1.45. The van der Waals surface area contributed by atoms with Gasteiger partial charge in [-0.25, -0.2) is 0 Å². The summed E-state index contributed by atoms with van der Waals surface area (Å²) in [5, 5.41) is 6.58. The molecule has 0 saturated carbocycles. The Labute approximate surface area is 97.8 Å². The normalized spacial score (nSPS) is 12.1. The highest BCUT2D eigenvalue weighted by atomic mass is 32.2. The highest BCUT2D eigenvalue weighted by Gasteiger charge is 2.22. The van der Waals surface area contributed by atoms with E-state index >= 15 is 0 Å². The average molecular weight is 232 g/mol. The SMILES string of the molecule is CNCC(CNC)CSC(=O)C(C)(C)C. The standard InChI is InChI=1S/C11H24N2OS/c1-11(2,3)10(14)15-8-9(6-12-4)7-13-5/h9,12-13H,6-8H2,1-5H3. The lowest BCUT2D eigenvalue weighted by Gasteiger charge is -2.19. The summed E-state index contributed by atoms with van der Waals surface area (Å²) in [4.78, 5) is 11.7. The maximum atomic E-state index is 11.7. The summed E-state index contributed by atoms with van der Waals surface area (Å²) in [7, 11) is 3.89. The fourth-order valence-corrected chi connectivity index (χ4v) is 2.23. The van der Waals surface area contributed by atoms with E-state index in [1.807, 2.05) is 34.9 Å². The zero-order chi connectivity index (χ0) is 11.9. The predicted octanol–water partition coefficient (Wildman–Crippen LogP) is 1.35. The molecule has 0 bridgehead atoms. The van der Waals surface area contributed by atoms with Crippen molar-refractivity contribution in [3.63, 3.8) is 0 Å². The van der Waals surface area contributed by atoms with Crippen molar-refractivity contribution in [3.8, 4) is 0 Å². The summed E-state index contributed by atoms with van der Waals surface area (Å²) in [6, 6.07) is 0. The summed E-state index contributed by atoms with van der Waals surface area (Å²) in [6.45, 7) is 7.80. The van der Waals surface area contributed by atoms with Crippen LogP contribution in [0.3, 0.4) is 0 Å². The van der Waals surface area contributed by atoms with Crippen molar-refractivity contribution in [1.82, 2.24) is 10.6 Å². The van der Waals surface area contributed by atoms with Gasteiger partial charge in [0.2, 0.25) is 0 Å². The molecular weight excluding hydrogens is 208 g/mol. The summed E-state index contributed by atoms with van der Waals surface area (Å²) in [5.74, 6) is 1.40. The molecule has 0 spiro atoms. The Hall–Kier alpha value is -0.0600. The third-order valence-corrected chi connectivity index (χ3v) is 3.56. The van der Waals surface area contributed by atoms with Gasteiger partial charge in [-0.3, -0.25) is 4.79 Å². The Balaban J connectivity index is 3.93. The molecule has 0 aromatic heterocycles. The molecule has 0 aliphatic carbocycles. The van der Waals surface area contributed by atoms with E-state index in [2.05, 4.69) is 10.6 Å². The van der Waals surface area contributed by atoms with Crippen LogP contribution in [0.4, 0.5) is 0 Å². The molecule has 0 aromatic rings. The minimum atomic E-state index is -0.228. The zero-order valence-electron chi connectivity index (χ0n) is 10.5. The molecule has 0 radical (unpaired) electrons. The van der Waals surface area contributed by atoms with Gasteiger partial charge in [0.1, 0.15) is 0 Å². The van der Waals surface area contributed by atoms with Crippen molar-refractivity contribution >= 4 is 16.9 Å². The van der Waals surface area contributed by atoms with E-state index < -0.39 is 0 Å². The van der Waals surface area contributed by atoms with Crippen molar-refractivity contribution in [2.75, 3.05) is 32.9 Å². The van der Waals surface area contributed by atoms with Gasteiger partial charge in [-0.2, -0.15) is 0 Å². The van der Waals surface area contributed by atoms with Gasteiger partial charge < -0.3 is 10.6 Å². The van der Waals surface area contributed by atoms with E-state index in [0.29, 0.717) is 5.92 Å². The molecule has 15 heavy (non-hydrogen) atoms. The molecule has 0 aliphatic rings. The minimum absolute atomic E-state index is 0.228. The molecule has 0 saturated heterocycles. The summed E-state index contributed by atoms with van der Waals surface area (Å²) < 4.78 is 0. The maximum absolute atomic E-state index is 11.7. The van der Waals surface area contributed by atoms with Crippen LogP contribution < -0.4 is 10.6 Å². The largest absolute Gasteiger partial charge is 0.319 e. The first-order chi connectivity index (χ1) is 6.91. The summed E-state index contributed by atoms with van der Waals surface area (Å²) in [5.41, 5.74) is -0.228. The second-order valence-electron chi connectivity index (χ2n) is 4.83. The highest BCUT2D eigenvalue weighted by Crippen LogP contribution is 2.24. The number of rotatable bonds is 6. The maximum Gasteiger partial charge on any atom is 0.194 e. The van der Waals surface area contributed by atoms with Gasteiger partial charge in [-0.05, 0) is 33.1 Å². The van der Waals surface area contributed by atoms with Crippen LogP contribution in [0.25, 0.3) is 0 Å². The fraction of sp³-hybridized carbons (Fsp3) is 0.909. The van der Waals surface area contributed by atoms with Crippen LogP contribution in [0.5, 0.6) is 0 Å². The molecule has 0 heterocycles. The number of hydrogen-bond acceptors (Lipinski definition) is 4. The third-order valence-electron chi connectivity index (χ3n) is 2.05. The fourth-order valence-electron chi connectivity index (χ4n) is 1.18. The van der Waals surface area contributed by atoms with Crippen LogP contribution in [0, 0.1) is 11.3 Å². The quantitative estimate of drug-likeness (QED) is 0.725. The lowest BCUT2D eigenvalue weighted by Crippen LogP contribution is -2.30. The molecule has 0 fully saturated rings. The van der Waals surface area contributed by atoms with E-state index in [9.17, 15) is 4.79 Å². The van der Waals surface area contributed by atoms with E-state index in [0.717, 1.165) is 18.8 Å². The van der Waals surface area contributed by atoms with Gasteiger partial charge in [-0.15, -0.1) is 0 Å².